The van der Waals surface area contributed by atoms with Crippen LogP contribution in [0, 0.1) is 28.6 Å². The molecular weight excluding hydrogens is 468 g/mol. The van der Waals surface area contributed by atoms with Crippen LogP contribution >= 0.6 is 0 Å². The molecule has 2 saturated carbocycles. The minimum Gasteiger partial charge on any atom is -0.300 e. The summed E-state index contributed by atoms with van der Waals surface area (Å²) in [6.07, 6.45) is 15.0. The summed E-state index contributed by atoms with van der Waals surface area (Å²) in [7, 11) is -7.33. The van der Waals surface area contributed by atoms with Crippen LogP contribution in [0.1, 0.15) is 52.9 Å². The van der Waals surface area contributed by atoms with Crippen molar-refractivity contribution >= 4 is 31.8 Å². The Bertz CT molecular complexity index is 1070. The van der Waals surface area contributed by atoms with E-state index in [-0.39, 0.29) is 22.5 Å². The van der Waals surface area contributed by atoms with Crippen molar-refractivity contribution in [3.05, 3.63) is 35.5 Å². The van der Waals surface area contributed by atoms with Gasteiger partial charge in [0.2, 0.25) is 0 Å². The average molecular weight is 503 g/mol. The zero-order valence-electron chi connectivity index (χ0n) is 19.7. The summed E-state index contributed by atoms with van der Waals surface area (Å²) in [4.78, 5) is 23.9. The van der Waals surface area contributed by atoms with Gasteiger partial charge in [-0.1, -0.05) is 30.2 Å². The standard InChI is InChI=1S/C21H26O2.2CH4O3S/c1-13(22)17-6-7-18-16-5-4-14-12-15(23)8-10-20(14,2)19(16)9-11-21(17,18)3;2*1-5(2,3)4/h8-10,12,16-18H,4-7,11H2,1-3H3;2*1H3,(H,2,3,4)/t16-,17+,18-,20-,21+;;/m0../s1. The lowest BCUT2D eigenvalue weighted by atomic mass is 9.52. The molecule has 0 radical (unpaired) electrons. The van der Waals surface area contributed by atoms with Crippen LogP contribution in [0.25, 0.3) is 0 Å². The van der Waals surface area contributed by atoms with Gasteiger partial charge in [-0.25, -0.2) is 0 Å². The summed E-state index contributed by atoms with van der Waals surface area (Å²) in [6, 6.07) is 0. The average Bonchev–Trinajstić information content (AvgIpc) is 2.97. The molecule has 5 atom stereocenters. The van der Waals surface area contributed by atoms with Gasteiger partial charge in [0.15, 0.2) is 5.78 Å². The second-order valence-corrected chi connectivity index (χ2v) is 12.9. The molecule has 0 unspecified atom stereocenters. The van der Waals surface area contributed by atoms with E-state index in [1.54, 1.807) is 13.0 Å². The van der Waals surface area contributed by atoms with Gasteiger partial charge in [0.1, 0.15) is 5.78 Å². The van der Waals surface area contributed by atoms with Crippen molar-refractivity contribution in [3.8, 4) is 0 Å². The van der Waals surface area contributed by atoms with Crippen molar-refractivity contribution in [3.63, 3.8) is 0 Å². The van der Waals surface area contributed by atoms with Crippen molar-refractivity contribution in [2.24, 2.45) is 28.6 Å². The largest absolute Gasteiger partial charge is 0.300 e. The molecule has 0 aromatic rings. The Balaban J connectivity index is 0.000000327. The molecule has 2 fully saturated rings. The van der Waals surface area contributed by atoms with E-state index in [2.05, 4.69) is 26.0 Å². The topological polar surface area (TPSA) is 143 Å². The summed E-state index contributed by atoms with van der Waals surface area (Å²) >= 11 is 0. The van der Waals surface area contributed by atoms with E-state index in [1.807, 2.05) is 6.08 Å². The fraction of sp³-hybridized carbons (Fsp3) is 0.652. The van der Waals surface area contributed by atoms with Crippen LogP contribution in [0.4, 0.5) is 0 Å². The first kappa shape index (κ1) is 27.6. The second kappa shape index (κ2) is 9.56. The lowest BCUT2D eigenvalue weighted by Gasteiger charge is -2.52. The van der Waals surface area contributed by atoms with Gasteiger partial charge in [-0.05, 0) is 75.4 Å². The number of ketones is 2. The Morgan fingerprint density at radius 2 is 1.58 bits per heavy atom. The first-order valence-electron chi connectivity index (χ1n) is 10.9. The molecule has 0 aliphatic heterocycles. The Morgan fingerprint density at radius 1 is 1.03 bits per heavy atom. The third-order valence-corrected chi connectivity index (χ3v) is 7.44. The molecule has 8 nitrogen and oxygen atoms in total. The Hall–Kier alpha value is -1.62. The van der Waals surface area contributed by atoms with Gasteiger partial charge in [0.25, 0.3) is 20.2 Å². The van der Waals surface area contributed by atoms with Crippen LogP contribution in [-0.4, -0.2) is 50.0 Å². The Labute approximate surface area is 196 Å². The molecule has 4 aliphatic rings. The number of carbonyl (C=O) groups is 2. The highest BCUT2D eigenvalue weighted by molar-refractivity contribution is 7.85. The maximum atomic E-state index is 12.1. The highest BCUT2D eigenvalue weighted by Gasteiger charge is 2.56. The van der Waals surface area contributed by atoms with E-state index < -0.39 is 20.2 Å². The van der Waals surface area contributed by atoms with Gasteiger partial charge >= 0.3 is 0 Å². The molecule has 0 aromatic carbocycles. The lowest BCUT2D eigenvalue weighted by Crippen LogP contribution is -2.44. The molecule has 10 heteroatoms. The van der Waals surface area contributed by atoms with Crippen LogP contribution in [0.15, 0.2) is 35.5 Å². The van der Waals surface area contributed by atoms with E-state index in [0.29, 0.717) is 30.1 Å². The van der Waals surface area contributed by atoms with Crippen LogP contribution in [0.2, 0.25) is 0 Å². The molecule has 0 amide bonds. The van der Waals surface area contributed by atoms with Crippen LogP contribution in [-0.2, 0) is 29.8 Å². The maximum absolute atomic E-state index is 12.1. The lowest BCUT2D eigenvalue weighted by molar-refractivity contribution is -0.124. The van der Waals surface area contributed by atoms with Gasteiger partial charge in [0, 0.05) is 11.3 Å². The van der Waals surface area contributed by atoms with Gasteiger partial charge < -0.3 is 0 Å². The summed E-state index contributed by atoms with van der Waals surface area (Å²) in [5.74, 6) is 1.95. The summed E-state index contributed by atoms with van der Waals surface area (Å²) in [6.45, 7) is 6.40. The fourth-order valence-electron chi connectivity index (χ4n) is 6.19. The fourth-order valence-corrected chi connectivity index (χ4v) is 6.19. The summed E-state index contributed by atoms with van der Waals surface area (Å²) in [5, 5.41) is 0. The predicted molar refractivity (Wildman–Crippen MR) is 126 cm³/mol. The Morgan fingerprint density at radius 3 is 2.09 bits per heavy atom. The van der Waals surface area contributed by atoms with Gasteiger partial charge in [-0.2, -0.15) is 16.8 Å². The first-order valence-corrected chi connectivity index (χ1v) is 14.6. The summed E-state index contributed by atoms with van der Waals surface area (Å²) in [5.41, 5.74) is 2.89. The molecule has 0 heterocycles. The molecule has 2 N–H and O–H groups in total. The number of carbonyl (C=O) groups excluding carboxylic acids is 2. The normalized spacial score (nSPS) is 34.8. The minimum atomic E-state index is -3.67. The van der Waals surface area contributed by atoms with Crippen molar-refractivity contribution in [2.75, 3.05) is 12.5 Å². The minimum absolute atomic E-state index is 0.0630. The molecule has 4 rings (SSSR count). The van der Waals surface area contributed by atoms with E-state index in [0.717, 1.165) is 25.7 Å². The van der Waals surface area contributed by atoms with E-state index in [4.69, 9.17) is 9.11 Å². The number of allylic oxidation sites excluding steroid dienone is 6. The third kappa shape index (κ3) is 6.71. The van der Waals surface area contributed by atoms with E-state index in [1.165, 1.54) is 17.6 Å². The second-order valence-electron chi connectivity index (χ2n) is 9.94. The number of Topliss-reactive ketones (excluding diaryl/α,β-unsaturated/α-hetero) is 1. The van der Waals surface area contributed by atoms with Crippen LogP contribution in [0.3, 0.4) is 0 Å². The summed E-state index contributed by atoms with van der Waals surface area (Å²) < 4.78 is 51.7. The van der Waals surface area contributed by atoms with Crippen LogP contribution in [0.5, 0.6) is 0 Å². The van der Waals surface area contributed by atoms with Crippen molar-refractivity contribution in [1.82, 2.24) is 0 Å². The van der Waals surface area contributed by atoms with E-state index >= 15 is 0 Å². The highest BCUT2D eigenvalue weighted by atomic mass is 32.2. The van der Waals surface area contributed by atoms with Gasteiger partial charge in [-0.15, -0.1) is 0 Å². The molecule has 0 spiro atoms. The number of hydrogen-bond acceptors (Lipinski definition) is 6. The molecule has 0 bridgehead atoms. The number of rotatable bonds is 1. The molecular formula is C23H34O8S2. The SMILES string of the molecule is CC(=O)[C@H]1CC[C@H]2[C@@H]3CCC4=CC(=O)C=C[C@]4(C)C3=CC[C@]12C.CS(=O)(=O)O.CS(=O)(=O)O. The Kier molecular flexibility index (Phi) is 8.00. The third-order valence-electron chi connectivity index (χ3n) is 7.44. The van der Waals surface area contributed by atoms with Crippen molar-refractivity contribution in [2.45, 2.75) is 52.9 Å². The number of fused-ring (bicyclic) bond motifs is 5. The number of hydrogen-bond donors (Lipinski definition) is 2. The maximum Gasteiger partial charge on any atom is 0.261 e. The van der Waals surface area contributed by atoms with Gasteiger partial charge in [-0.3, -0.25) is 18.7 Å². The van der Waals surface area contributed by atoms with Crippen molar-refractivity contribution in [1.29, 1.82) is 0 Å². The molecule has 0 saturated heterocycles. The zero-order valence-corrected chi connectivity index (χ0v) is 21.4. The monoisotopic (exact) mass is 502 g/mol. The first-order chi connectivity index (χ1) is 14.9. The molecule has 33 heavy (non-hydrogen) atoms. The predicted octanol–water partition coefficient (Wildman–Crippen LogP) is 3.43. The van der Waals surface area contributed by atoms with Crippen LogP contribution < -0.4 is 0 Å². The smallest absolute Gasteiger partial charge is 0.261 e. The molecule has 4 aliphatic carbocycles. The highest BCUT2D eigenvalue weighted by Crippen LogP contribution is 2.63. The van der Waals surface area contributed by atoms with Gasteiger partial charge in [0.05, 0.1) is 12.5 Å². The molecule has 186 valence electrons. The zero-order chi connectivity index (χ0) is 25.4. The van der Waals surface area contributed by atoms with E-state index in [9.17, 15) is 26.4 Å². The molecule has 0 aromatic heterocycles. The quantitative estimate of drug-likeness (QED) is 0.410. The van der Waals surface area contributed by atoms with Crippen molar-refractivity contribution < 1.29 is 35.5 Å².